The Morgan fingerprint density at radius 1 is 0.808 bits per heavy atom. The van der Waals surface area contributed by atoms with E-state index < -0.39 is 0 Å². The highest BCUT2D eigenvalue weighted by Crippen LogP contribution is 2.20. The Hall–Kier alpha value is -3.47. The third kappa shape index (κ3) is 3.62. The van der Waals surface area contributed by atoms with Crippen molar-refractivity contribution >= 4 is 17.5 Å². The molecule has 26 heavy (non-hydrogen) atoms. The van der Waals surface area contributed by atoms with E-state index in [0.29, 0.717) is 22.5 Å². The van der Waals surface area contributed by atoms with Gasteiger partial charge in [0, 0.05) is 12.6 Å². The molecule has 0 saturated heterocycles. The van der Waals surface area contributed by atoms with Crippen LogP contribution in [-0.4, -0.2) is 23.8 Å². The van der Waals surface area contributed by atoms with E-state index in [2.05, 4.69) is 15.6 Å². The largest absolute Gasteiger partial charge is 0.355 e. The van der Waals surface area contributed by atoms with Crippen LogP contribution in [-0.2, 0) is 0 Å². The van der Waals surface area contributed by atoms with Crippen LogP contribution in [0.25, 0.3) is 11.3 Å². The van der Waals surface area contributed by atoms with Crippen LogP contribution in [0.3, 0.4) is 0 Å². The lowest BCUT2D eigenvalue weighted by Gasteiger charge is -2.12. The molecule has 130 valence electrons. The molecule has 0 saturated carbocycles. The average Bonchev–Trinajstić information content (AvgIpc) is 2.68. The number of anilines is 1. The van der Waals surface area contributed by atoms with Crippen LogP contribution in [0.15, 0.2) is 66.7 Å². The number of aromatic nitrogens is 1. The molecular weight excluding hydrogens is 326 g/mol. The Kier molecular flexibility index (Phi) is 5.08. The number of carbonyl (C=O) groups is 2. The zero-order chi connectivity index (χ0) is 18.5. The topological polar surface area (TPSA) is 71.1 Å². The Morgan fingerprint density at radius 3 is 2.19 bits per heavy atom. The zero-order valence-electron chi connectivity index (χ0n) is 14.6. The average molecular weight is 345 g/mol. The summed E-state index contributed by atoms with van der Waals surface area (Å²) in [5, 5.41) is 5.37. The maximum Gasteiger partial charge on any atom is 0.257 e. The SMILES string of the molecule is CNC(=O)c1ccccc1NC(=O)c1ccc(-c2ccccc2)nc1C. The standard InChI is InChI=1S/C21H19N3O2/c1-14-16(12-13-18(23-14)15-8-4-3-5-9-15)21(26)24-19-11-7-6-10-17(19)20(25)22-2/h3-13H,1-2H3,(H,22,25)(H,24,26). The second-order valence-corrected chi connectivity index (χ2v) is 5.77. The third-order valence-electron chi connectivity index (χ3n) is 4.05. The van der Waals surface area contributed by atoms with Crippen LogP contribution in [0.1, 0.15) is 26.4 Å². The Morgan fingerprint density at radius 2 is 1.50 bits per heavy atom. The summed E-state index contributed by atoms with van der Waals surface area (Å²) in [4.78, 5) is 29.1. The number of pyridine rings is 1. The van der Waals surface area contributed by atoms with Gasteiger partial charge < -0.3 is 10.6 Å². The van der Waals surface area contributed by atoms with E-state index in [4.69, 9.17) is 0 Å². The number of aryl methyl sites for hydroxylation is 1. The van der Waals surface area contributed by atoms with Crippen molar-refractivity contribution in [1.29, 1.82) is 0 Å². The predicted molar refractivity (Wildman–Crippen MR) is 102 cm³/mol. The molecule has 0 unspecified atom stereocenters. The van der Waals surface area contributed by atoms with Crippen LogP contribution < -0.4 is 10.6 Å². The smallest absolute Gasteiger partial charge is 0.257 e. The van der Waals surface area contributed by atoms with Gasteiger partial charge in [-0.1, -0.05) is 42.5 Å². The lowest BCUT2D eigenvalue weighted by atomic mass is 10.1. The number of rotatable bonds is 4. The lowest BCUT2D eigenvalue weighted by molar-refractivity contribution is 0.0964. The quantitative estimate of drug-likeness (QED) is 0.758. The molecule has 0 fully saturated rings. The number of amides is 2. The van der Waals surface area contributed by atoms with Gasteiger partial charge >= 0.3 is 0 Å². The van der Waals surface area contributed by atoms with Crippen molar-refractivity contribution in [1.82, 2.24) is 10.3 Å². The van der Waals surface area contributed by atoms with Crippen LogP contribution >= 0.6 is 0 Å². The number of hydrogen-bond donors (Lipinski definition) is 2. The summed E-state index contributed by atoms with van der Waals surface area (Å²) in [6.07, 6.45) is 0. The van der Waals surface area contributed by atoms with Gasteiger partial charge in [0.1, 0.15) is 0 Å². The molecule has 0 aliphatic carbocycles. The molecule has 2 aromatic carbocycles. The lowest BCUT2D eigenvalue weighted by Crippen LogP contribution is -2.22. The molecule has 0 aliphatic rings. The molecule has 5 heteroatoms. The fraction of sp³-hybridized carbons (Fsp3) is 0.0952. The fourth-order valence-electron chi connectivity index (χ4n) is 2.69. The Bertz CT molecular complexity index is 952. The van der Waals surface area contributed by atoms with E-state index in [1.807, 2.05) is 36.4 Å². The Labute approximate surface area is 152 Å². The first-order chi connectivity index (χ1) is 12.6. The van der Waals surface area contributed by atoms with Crippen molar-refractivity contribution in [3.63, 3.8) is 0 Å². The summed E-state index contributed by atoms with van der Waals surface area (Å²) in [5.41, 5.74) is 3.77. The first-order valence-corrected chi connectivity index (χ1v) is 8.25. The van der Waals surface area contributed by atoms with Gasteiger partial charge in [0.2, 0.25) is 0 Å². The van der Waals surface area contributed by atoms with Crippen molar-refractivity contribution in [2.45, 2.75) is 6.92 Å². The van der Waals surface area contributed by atoms with E-state index in [-0.39, 0.29) is 11.8 Å². The van der Waals surface area contributed by atoms with E-state index in [1.54, 1.807) is 44.3 Å². The Balaban J connectivity index is 1.87. The van der Waals surface area contributed by atoms with Crippen molar-refractivity contribution in [3.8, 4) is 11.3 Å². The summed E-state index contributed by atoms with van der Waals surface area (Å²) >= 11 is 0. The summed E-state index contributed by atoms with van der Waals surface area (Å²) < 4.78 is 0. The van der Waals surface area contributed by atoms with E-state index in [9.17, 15) is 9.59 Å². The highest BCUT2D eigenvalue weighted by molar-refractivity contribution is 6.09. The summed E-state index contributed by atoms with van der Waals surface area (Å²) in [7, 11) is 1.55. The second-order valence-electron chi connectivity index (χ2n) is 5.77. The molecule has 0 bridgehead atoms. The van der Waals surface area contributed by atoms with E-state index in [0.717, 1.165) is 11.3 Å². The molecule has 2 N–H and O–H groups in total. The number of benzene rings is 2. The summed E-state index contributed by atoms with van der Waals surface area (Å²) in [5.74, 6) is -0.555. The molecule has 0 atom stereocenters. The first kappa shape index (κ1) is 17.4. The molecule has 1 aromatic heterocycles. The van der Waals surface area contributed by atoms with Gasteiger partial charge in [-0.05, 0) is 31.2 Å². The predicted octanol–water partition coefficient (Wildman–Crippen LogP) is 3.67. The van der Waals surface area contributed by atoms with Crippen molar-refractivity contribution < 1.29 is 9.59 Å². The fourth-order valence-corrected chi connectivity index (χ4v) is 2.69. The van der Waals surface area contributed by atoms with Crippen LogP contribution in [0.4, 0.5) is 5.69 Å². The van der Waals surface area contributed by atoms with Crippen molar-refractivity contribution in [3.05, 3.63) is 83.6 Å². The number of nitrogens with one attached hydrogen (secondary N) is 2. The van der Waals surface area contributed by atoms with Crippen LogP contribution in [0, 0.1) is 6.92 Å². The first-order valence-electron chi connectivity index (χ1n) is 8.25. The third-order valence-corrected chi connectivity index (χ3v) is 4.05. The molecule has 3 aromatic rings. The molecule has 3 rings (SSSR count). The van der Waals surface area contributed by atoms with Gasteiger partial charge in [0.15, 0.2) is 0 Å². The van der Waals surface area contributed by atoms with Gasteiger partial charge in [-0.15, -0.1) is 0 Å². The van der Waals surface area contributed by atoms with Gasteiger partial charge in [-0.2, -0.15) is 0 Å². The maximum atomic E-state index is 12.7. The molecule has 1 heterocycles. The number of para-hydroxylation sites is 1. The highest BCUT2D eigenvalue weighted by Gasteiger charge is 2.15. The van der Waals surface area contributed by atoms with Gasteiger partial charge in [0.25, 0.3) is 11.8 Å². The molecule has 2 amide bonds. The minimum Gasteiger partial charge on any atom is -0.355 e. The highest BCUT2D eigenvalue weighted by atomic mass is 16.2. The van der Waals surface area contributed by atoms with Gasteiger partial charge in [-0.3, -0.25) is 14.6 Å². The van der Waals surface area contributed by atoms with E-state index >= 15 is 0 Å². The maximum absolute atomic E-state index is 12.7. The van der Waals surface area contributed by atoms with E-state index in [1.165, 1.54) is 0 Å². The number of nitrogens with zero attached hydrogens (tertiary/aromatic N) is 1. The molecule has 0 aliphatic heterocycles. The van der Waals surface area contributed by atoms with Crippen LogP contribution in [0.5, 0.6) is 0 Å². The normalized spacial score (nSPS) is 10.2. The molecule has 0 spiro atoms. The second kappa shape index (κ2) is 7.61. The number of hydrogen-bond acceptors (Lipinski definition) is 3. The number of carbonyl (C=O) groups excluding carboxylic acids is 2. The minimum atomic E-state index is -0.300. The van der Waals surface area contributed by atoms with Gasteiger partial charge in [-0.25, -0.2) is 0 Å². The van der Waals surface area contributed by atoms with Crippen LogP contribution in [0.2, 0.25) is 0 Å². The summed E-state index contributed by atoms with van der Waals surface area (Å²) in [6, 6.07) is 20.2. The summed E-state index contributed by atoms with van der Waals surface area (Å²) in [6.45, 7) is 1.80. The van der Waals surface area contributed by atoms with Crippen molar-refractivity contribution in [2.24, 2.45) is 0 Å². The zero-order valence-corrected chi connectivity index (χ0v) is 14.6. The minimum absolute atomic E-state index is 0.254. The molecule has 0 radical (unpaired) electrons. The molecular formula is C21H19N3O2. The monoisotopic (exact) mass is 345 g/mol. The van der Waals surface area contributed by atoms with Gasteiger partial charge in [0.05, 0.1) is 28.2 Å². The molecule has 5 nitrogen and oxygen atoms in total. The van der Waals surface area contributed by atoms with Crippen molar-refractivity contribution in [2.75, 3.05) is 12.4 Å².